The van der Waals surface area contributed by atoms with E-state index in [1.807, 2.05) is 0 Å². The SMILES string of the molecule is [Se-]C1=C([Se-])OCCO1. The molecule has 0 fully saturated rings. The van der Waals surface area contributed by atoms with Gasteiger partial charge in [0, 0.05) is 0 Å². The summed E-state index contributed by atoms with van der Waals surface area (Å²) in [7, 11) is 0. The zero-order valence-corrected chi connectivity index (χ0v) is 7.47. The molecule has 0 aromatic heterocycles. The van der Waals surface area contributed by atoms with Crippen molar-refractivity contribution in [2.24, 2.45) is 0 Å². The predicted octanol–water partition coefficient (Wildman–Crippen LogP) is -0.503. The fraction of sp³-hybridized carbons (Fsp3) is 0.500. The molecular formula is C4H4O2Se2-2. The van der Waals surface area contributed by atoms with E-state index in [-0.39, 0.29) is 0 Å². The van der Waals surface area contributed by atoms with E-state index in [0.717, 1.165) is 9.32 Å². The summed E-state index contributed by atoms with van der Waals surface area (Å²) in [6, 6.07) is 0. The molecule has 0 N–H and O–H groups in total. The van der Waals surface area contributed by atoms with Gasteiger partial charge in [-0.15, -0.1) is 0 Å². The van der Waals surface area contributed by atoms with E-state index < -0.39 is 0 Å². The molecule has 1 rings (SSSR count). The minimum atomic E-state index is 0.646. The van der Waals surface area contributed by atoms with Gasteiger partial charge in [-0.1, -0.05) is 0 Å². The predicted molar refractivity (Wildman–Crippen MR) is 30.4 cm³/mol. The molecule has 4 heteroatoms. The third kappa shape index (κ3) is 1.43. The summed E-state index contributed by atoms with van der Waals surface area (Å²) in [6.45, 7) is 1.29. The van der Waals surface area contributed by atoms with E-state index >= 15 is 0 Å². The van der Waals surface area contributed by atoms with Gasteiger partial charge in [-0.25, -0.2) is 0 Å². The van der Waals surface area contributed by atoms with Gasteiger partial charge in [-0.2, -0.15) is 0 Å². The fourth-order valence-electron chi connectivity index (χ4n) is 0.387. The van der Waals surface area contributed by atoms with Gasteiger partial charge in [0.25, 0.3) is 0 Å². The van der Waals surface area contributed by atoms with Crippen molar-refractivity contribution in [1.82, 2.24) is 0 Å². The first kappa shape index (κ1) is 6.50. The molecule has 0 aliphatic carbocycles. The molecule has 0 bridgehead atoms. The fourth-order valence-corrected chi connectivity index (χ4v) is 0.984. The molecule has 0 amide bonds. The van der Waals surface area contributed by atoms with Crippen LogP contribution in [-0.4, -0.2) is 45.2 Å². The Morgan fingerprint density at radius 1 is 1.00 bits per heavy atom. The maximum atomic E-state index is 5.06. The molecule has 2 nitrogen and oxygen atoms in total. The Morgan fingerprint density at radius 3 is 1.62 bits per heavy atom. The van der Waals surface area contributed by atoms with Crippen LogP contribution in [0.4, 0.5) is 0 Å². The van der Waals surface area contributed by atoms with Crippen LogP contribution in [-0.2, 0) is 9.47 Å². The van der Waals surface area contributed by atoms with Gasteiger partial charge in [-0.3, -0.25) is 0 Å². The Kier molecular flexibility index (Phi) is 2.26. The van der Waals surface area contributed by atoms with Crippen molar-refractivity contribution in [3.63, 3.8) is 0 Å². The quantitative estimate of drug-likeness (QED) is 0.533. The Balaban J connectivity index is 2.60. The summed E-state index contributed by atoms with van der Waals surface area (Å²) in [5, 5.41) is 0. The van der Waals surface area contributed by atoms with Crippen LogP contribution >= 0.6 is 0 Å². The zero-order valence-electron chi connectivity index (χ0n) is 4.05. The standard InChI is InChI=1S/C4H6O2Se2/c7-3-4(8)6-2-1-5-3/h7-8H,1-2H2/p-2. The Labute approximate surface area is 64.2 Å². The number of ether oxygens (including phenoxy) is 2. The molecule has 0 aromatic carbocycles. The summed E-state index contributed by atoms with van der Waals surface area (Å²) in [5.41, 5.74) is 0. The van der Waals surface area contributed by atoms with Crippen molar-refractivity contribution in [1.29, 1.82) is 0 Å². The van der Waals surface area contributed by atoms with E-state index in [9.17, 15) is 0 Å². The van der Waals surface area contributed by atoms with Crippen LogP contribution in [0.1, 0.15) is 0 Å². The number of hydrogen-bond donors (Lipinski definition) is 0. The third-order valence-electron chi connectivity index (χ3n) is 0.716. The van der Waals surface area contributed by atoms with Gasteiger partial charge >= 0.3 is 64.0 Å². The molecule has 0 radical (unpaired) electrons. The third-order valence-corrected chi connectivity index (χ3v) is 2.64. The second-order valence-electron chi connectivity index (χ2n) is 1.27. The molecule has 0 atom stereocenters. The average Bonchev–Trinajstić information content (AvgIpc) is 1.77. The van der Waals surface area contributed by atoms with Gasteiger partial charge in [0.2, 0.25) is 0 Å². The van der Waals surface area contributed by atoms with Gasteiger partial charge in [0.05, 0.1) is 0 Å². The first-order valence-corrected chi connectivity index (χ1v) is 3.86. The molecule has 8 heavy (non-hydrogen) atoms. The monoisotopic (exact) mass is 244 g/mol. The average molecular weight is 242 g/mol. The van der Waals surface area contributed by atoms with Crippen LogP contribution in [0.5, 0.6) is 0 Å². The van der Waals surface area contributed by atoms with Crippen molar-refractivity contribution in [2.75, 3.05) is 13.2 Å². The Bertz CT molecular complexity index is 107. The molecule has 1 heterocycles. The van der Waals surface area contributed by atoms with E-state index in [2.05, 4.69) is 32.0 Å². The van der Waals surface area contributed by atoms with E-state index in [0.29, 0.717) is 13.2 Å². The molecule has 1 aliphatic heterocycles. The van der Waals surface area contributed by atoms with Gasteiger partial charge in [0.1, 0.15) is 0 Å². The Morgan fingerprint density at radius 2 is 1.38 bits per heavy atom. The van der Waals surface area contributed by atoms with Crippen LogP contribution in [0.2, 0.25) is 0 Å². The van der Waals surface area contributed by atoms with Crippen molar-refractivity contribution >= 4 is 32.0 Å². The number of hydrogen-bond acceptors (Lipinski definition) is 2. The molecule has 0 spiro atoms. The molecule has 0 saturated heterocycles. The Hall–Kier alpha value is 0.379. The molecule has 46 valence electrons. The topological polar surface area (TPSA) is 18.5 Å². The normalized spacial score (nSPS) is 19.5. The molecular weight excluding hydrogens is 238 g/mol. The molecule has 0 unspecified atom stereocenters. The van der Waals surface area contributed by atoms with E-state index in [4.69, 9.17) is 9.47 Å². The molecule has 0 aromatic rings. The van der Waals surface area contributed by atoms with Crippen LogP contribution < -0.4 is 0 Å². The van der Waals surface area contributed by atoms with E-state index in [1.54, 1.807) is 0 Å². The summed E-state index contributed by atoms with van der Waals surface area (Å²) >= 11 is 5.46. The van der Waals surface area contributed by atoms with Crippen LogP contribution in [0.3, 0.4) is 0 Å². The first-order valence-electron chi connectivity index (χ1n) is 2.14. The number of rotatable bonds is 0. The van der Waals surface area contributed by atoms with Crippen LogP contribution in [0.15, 0.2) is 9.32 Å². The van der Waals surface area contributed by atoms with Crippen molar-refractivity contribution in [2.45, 2.75) is 0 Å². The van der Waals surface area contributed by atoms with Gasteiger partial charge in [-0.05, 0) is 0 Å². The second-order valence-corrected chi connectivity index (χ2v) is 2.83. The summed E-state index contributed by atoms with van der Waals surface area (Å²) < 4.78 is 11.6. The van der Waals surface area contributed by atoms with Crippen molar-refractivity contribution in [3.8, 4) is 0 Å². The van der Waals surface area contributed by atoms with Gasteiger partial charge < -0.3 is 0 Å². The van der Waals surface area contributed by atoms with Crippen molar-refractivity contribution < 1.29 is 9.47 Å². The maximum absolute atomic E-state index is 5.06. The molecule has 1 aliphatic rings. The zero-order chi connectivity index (χ0) is 5.98. The van der Waals surface area contributed by atoms with Crippen LogP contribution in [0, 0.1) is 0 Å². The summed E-state index contributed by atoms with van der Waals surface area (Å²) in [6.07, 6.45) is 0. The summed E-state index contributed by atoms with van der Waals surface area (Å²) in [4.78, 5) is 0. The van der Waals surface area contributed by atoms with Crippen molar-refractivity contribution in [3.05, 3.63) is 9.32 Å². The van der Waals surface area contributed by atoms with Gasteiger partial charge in [0.15, 0.2) is 0 Å². The molecule has 0 saturated carbocycles. The summed E-state index contributed by atoms with van der Waals surface area (Å²) in [5.74, 6) is 0. The van der Waals surface area contributed by atoms with Crippen LogP contribution in [0.25, 0.3) is 0 Å². The first-order chi connectivity index (χ1) is 3.80. The minimum absolute atomic E-state index is 0.646. The second kappa shape index (κ2) is 2.79. The van der Waals surface area contributed by atoms with E-state index in [1.165, 1.54) is 0 Å².